The Hall–Kier alpha value is -0.980. The molecular weight excluding hydrogens is 160 g/mol. The number of fused-ring (bicyclic) bond motifs is 1. The van der Waals surface area contributed by atoms with E-state index in [1.54, 1.807) is 7.11 Å². The molecule has 0 saturated heterocycles. The predicted octanol–water partition coefficient (Wildman–Crippen LogP) is 3.14. The van der Waals surface area contributed by atoms with Gasteiger partial charge in [0.1, 0.15) is 5.75 Å². The predicted molar refractivity (Wildman–Crippen MR) is 54.3 cm³/mol. The lowest BCUT2D eigenvalue weighted by atomic mass is 9.84. The molecule has 0 unspecified atom stereocenters. The second-order valence-electron chi connectivity index (χ2n) is 3.86. The molecule has 0 N–H and O–H groups in total. The van der Waals surface area contributed by atoms with Crippen LogP contribution in [0.5, 0.6) is 5.75 Å². The topological polar surface area (TPSA) is 9.23 Å². The highest BCUT2D eigenvalue weighted by Crippen LogP contribution is 2.32. The molecule has 0 aliphatic heterocycles. The van der Waals surface area contributed by atoms with Crippen LogP contribution < -0.4 is 4.74 Å². The summed E-state index contributed by atoms with van der Waals surface area (Å²) in [6.07, 6.45) is 3.87. The standard InChI is InChI=1S/C12H16O/c1-9-4-3-5-10-8-11(13-2)6-7-12(9)10/h6-9H,3-5H2,1-2H3/t9-/m0/s1. The molecule has 70 valence electrons. The van der Waals surface area contributed by atoms with Crippen LogP contribution in [0.3, 0.4) is 0 Å². The summed E-state index contributed by atoms with van der Waals surface area (Å²) < 4.78 is 5.22. The van der Waals surface area contributed by atoms with Gasteiger partial charge in [-0.2, -0.15) is 0 Å². The highest BCUT2D eigenvalue weighted by Gasteiger charge is 2.16. The maximum Gasteiger partial charge on any atom is 0.119 e. The molecular formula is C12H16O. The Balaban J connectivity index is 2.39. The summed E-state index contributed by atoms with van der Waals surface area (Å²) in [6.45, 7) is 2.31. The molecule has 1 heteroatoms. The lowest BCUT2D eigenvalue weighted by Gasteiger charge is -2.22. The summed E-state index contributed by atoms with van der Waals surface area (Å²) in [6, 6.07) is 6.48. The van der Waals surface area contributed by atoms with Gasteiger partial charge in [-0.25, -0.2) is 0 Å². The summed E-state index contributed by atoms with van der Waals surface area (Å²) >= 11 is 0. The van der Waals surface area contributed by atoms with Gasteiger partial charge in [-0.15, -0.1) is 0 Å². The molecule has 1 aliphatic rings. The largest absolute Gasteiger partial charge is 0.497 e. The number of benzene rings is 1. The zero-order valence-electron chi connectivity index (χ0n) is 8.34. The van der Waals surface area contributed by atoms with Crippen LogP contribution in [0.1, 0.15) is 36.8 Å². The van der Waals surface area contributed by atoms with Gasteiger partial charge in [0, 0.05) is 0 Å². The van der Waals surface area contributed by atoms with Gasteiger partial charge in [-0.1, -0.05) is 13.0 Å². The number of rotatable bonds is 1. The molecule has 0 bridgehead atoms. The fourth-order valence-corrected chi connectivity index (χ4v) is 2.16. The van der Waals surface area contributed by atoms with Crippen LogP contribution in [-0.2, 0) is 6.42 Å². The van der Waals surface area contributed by atoms with Crippen LogP contribution in [0.25, 0.3) is 0 Å². The maximum atomic E-state index is 5.22. The van der Waals surface area contributed by atoms with Crippen molar-refractivity contribution in [1.82, 2.24) is 0 Å². The summed E-state index contributed by atoms with van der Waals surface area (Å²) in [5.74, 6) is 1.72. The van der Waals surface area contributed by atoms with Crippen LogP contribution in [0, 0.1) is 0 Å². The second-order valence-corrected chi connectivity index (χ2v) is 3.86. The van der Waals surface area contributed by atoms with Crippen LogP contribution in [-0.4, -0.2) is 7.11 Å². The van der Waals surface area contributed by atoms with Crippen molar-refractivity contribution in [2.24, 2.45) is 0 Å². The van der Waals surface area contributed by atoms with Gasteiger partial charge in [0.2, 0.25) is 0 Å². The Morgan fingerprint density at radius 3 is 3.00 bits per heavy atom. The zero-order valence-corrected chi connectivity index (χ0v) is 8.34. The molecule has 0 spiro atoms. The minimum absolute atomic E-state index is 0.731. The molecule has 0 amide bonds. The van der Waals surface area contributed by atoms with Crippen LogP contribution >= 0.6 is 0 Å². The van der Waals surface area contributed by atoms with Crippen molar-refractivity contribution in [2.75, 3.05) is 7.11 Å². The average molecular weight is 176 g/mol. The summed E-state index contributed by atoms with van der Waals surface area (Å²) in [7, 11) is 1.73. The number of aryl methyl sites for hydroxylation is 1. The van der Waals surface area contributed by atoms with Crippen molar-refractivity contribution < 1.29 is 4.74 Å². The number of ether oxygens (including phenoxy) is 1. The minimum Gasteiger partial charge on any atom is -0.497 e. The van der Waals surface area contributed by atoms with Gasteiger partial charge in [-0.05, 0) is 48.4 Å². The van der Waals surface area contributed by atoms with E-state index in [1.165, 1.54) is 30.4 Å². The highest BCUT2D eigenvalue weighted by atomic mass is 16.5. The summed E-state index contributed by atoms with van der Waals surface area (Å²) in [5, 5.41) is 0. The molecule has 1 aromatic rings. The Kier molecular flexibility index (Phi) is 2.26. The van der Waals surface area contributed by atoms with E-state index < -0.39 is 0 Å². The summed E-state index contributed by atoms with van der Waals surface area (Å²) in [4.78, 5) is 0. The molecule has 1 aliphatic carbocycles. The fourth-order valence-electron chi connectivity index (χ4n) is 2.16. The van der Waals surface area contributed by atoms with Gasteiger partial charge in [0.05, 0.1) is 7.11 Å². The SMILES string of the molecule is COc1ccc2c(c1)CCC[C@@H]2C. The monoisotopic (exact) mass is 176 g/mol. The number of hydrogen-bond donors (Lipinski definition) is 0. The lowest BCUT2D eigenvalue weighted by Crippen LogP contribution is -2.06. The van der Waals surface area contributed by atoms with E-state index >= 15 is 0 Å². The van der Waals surface area contributed by atoms with E-state index in [0.29, 0.717) is 0 Å². The van der Waals surface area contributed by atoms with Gasteiger partial charge in [0.15, 0.2) is 0 Å². The van der Waals surface area contributed by atoms with E-state index in [1.807, 2.05) is 0 Å². The smallest absolute Gasteiger partial charge is 0.119 e. The van der Waals surface area contributed by atoms with Gasteiger partial charge >= 0.3 is 0 Å². The molecule has 1 nitrogen and oxygen atoms in total. The van der Waals surface area contributed by atoms with E-state index in [2.05, 4.69) is 25.1 Å². The molecule has 1 atom stereocenters. The van der Waals surface area contributed by atoms with E-state index in [4.69, 9.17) is 4.74 Å². The first-order chi connectivity index (χ1) is 6.31. The minimum atomic E-state index is 0.731. The first-order valence-corrected chi connectivity index (χ1v) is 4.98. The van der Waals surface area contributed by atoms with E-state index in [0.717, 1.165) is 11.7 Å². The third-order valence-electron chi connectivity index (χ3n) is 2.96. The number of methoxy groups -OCH3 is 1. The Bertz CT molecular complexity index is 304. The first kappa shape index (κ1) is 8.61. The molecule has 1 aromatic carbocycles. The summed E-state index contributed by atoms with van der Waals surface area (Å²) in [5.41, 5.74) is 3.00. The Morgan fingerprint density at radius 1 is 1.38 bits per heavy atom. The van der Waals surface area contributed by atoms with Crippen molar-refractivity contribution >= 4 is 0 Å². The molecule has 13 heavy (non-hydrogen) atoms. The number of hydrogen-bond acceptors (Lipinski definition) is 1. The Labute approximate surface area is 79.7 Å². The quantitative estimate of drug-likeness (QED) is 0.638. The van der Waals surface area contributed by atoms with Gasteiger partial charge in [0.25, 0.3) is 0 Å². The van der Waals surface area contributed by atoms with Crippen LogP contribution in [0.4, 0.5) is 0 Å². The molecule has 0 fully saturated rings. The van der Waals surface area contributed by atoms with Crippen molar-refractivity contribution in [1.29, 1.82) is 0 Å². The van der Waals surface area contributed by atoms with Crippen molar-refractivity contribution in [2.45, 2.75) is 32.1 Å². The molecule has 0 saturated carbocycles. The van der Waals surface area contributed by atoms with Crippen molar-refractivity contribution in [3.8, 4) is 5.75 Å². The third kappa shape index (κ3) is 1.55. The first-order valence-electron chi connectivity index (χ1n) is 4.98. The van der Waals surface area contributed by atoms with Gasteiger partial charge < -0.3 is 4.74 Å². The average Bonchev–Trinajstić information content (AvgIpc) is 2.18. The molecule has 0 aromatic heterocycles. The lowest BCUT2D eigenvalue weighted by molar-refractivity contribution is 0.413. The van der Waals surface area contributed by atoms with Crippen LogP contribution in [0.15, 0.2) is 18.2 Å². The van der Waals surface area contributed by atoms with Crippen LogP contribution in [0.2, 0.25) is 0 Å². The van der Waals surface area contributed by atoms with Crippen molar-refractivity contribution in [3.63, 3.8) is 0 Å². The molecule has 2 rings (SSSR count). The molecule has 0 heterocycles. The maximum absolute atomic E-state index is 5.22. The van der Waals surface area contributed by atoms with E-state index in [9.17, 15) is 0 Å². The Morgan fingerprint density at radius 2 is 2.23 bits per heavy atom. The molecule has 0 radical (unpaired) electrons. The van der Waals surface area contributed by atoms with E-state index in [-0.39, 0.29) is 0 Å². The highest BCUT2D eigenvalue weighted by molar-refractivity contribution is 5.38. The zero-order chi connectivity index (χ0) is 9.26. The second kappa shape index (κ2) is 3.41. The third-order valence-corrected chi connectivity index (χ3v) is 2.96. The normalized spacial score (nSPS) is 20.9. The fraction of sp³-hybridized carbons (Fsp3) is 0.500. The van der Waals surface area contributed by atoms with Gasteiger partial charge in [-0.3, -0.25) is 0 Å². The van der Waals surface area contributed by atoms with Crippen molar-refractivity contribution in [3.05, 3.63) is 29.3 Å².